The number of hydrogen-bond acceptors (Lipinski definition) is 2. The van der Waals surface area contributed by atoms with Crippen molar-refractivity contribution in [3.63, 3.8) is 0 Å². The lowest BCUT2D eigenvalue weighted by Gasteiger charge is -2.32. The zero-order chi connectivity index (χ0) is 14.7. The summed E-state index contributed by atoms with van der Waals surface area (Å²) in [5, 5.41) is 5.98. The van der Waals surface area contributed by atoms with Crippen molar-refractivity contribution in [2.45, 2.75) is 46.1 Å². The number of hydrogen-bond donors (Lipinski definition) is 2. The lowest BCUT2D eigenvalue weighted by Crippen LogP contribution is -2.30. The van der Waals surface area contributed by atoms with Crippen LogP contribution in [0.1, 0.15) is 40.0 Å². The summed E-state index contributed by atoms with van der Waals surface area (Å²) in [6.07, 6.45) is 3.55. The molecule has 1 aliphatic rings. The number of rotatable bonds is 3. The van der Waals surface area contributed by atoms with Gasteiger partial charge < -0.3 is 10.6 Å². The van der Waals surface area contributed by atoms with Crippen LogP contribution >= 0.6 is 0 Å². The van der Waals surface area contributed by atoms with Gasteiger partial charge in [0.15, 0.2) is 0 Å². The SMILES string of the molecule is CC(=O)Nc1cc(NC2CC(C)CC(C)C2)ccc1F. The average molecular weight is 278 g/mol. The molecule has 1 aromatic rings. The van der Waals surface area contributed by atoms with Crippen molar-refractivity contribution < 1.29 is 9.18 Å². The normalized spacial score (nSPS) is 26.1. The molecule has 0 heterocycles. The molecule has 2 rings (SSSR count). The molecule has 2 atom stereocenters. The van der Waals surface area contributed by atoms with Gasteiger partial charge in [-0.05, 0) is 49.3 Å². The topological polar surface area (TPSA) is 41.1 Å². The van der Waals surface area contributed by atoms with Crippen LogP contribution in [-0.2, 0) is 4.79 Å². The van der Waals surface area contributed by atoms with Crippen molar-refractivity contribution in [1.29, 1.82) is 0 Å². The summed E-state index contributed by atoms with van der Waals surface area (Å²) < 4.78 is 13.6. The fourth-order valence-electron chi connectivity index (χ4n) is 3.20. The molecular formula is C16H23FN2O. The Bertz CT molecular complexity index is 479. The lowest BCUT2D eigenvalue weighted by atomic mass is 9.80. The Kier molecular flexibility index (Phi) is 4.63. The average Bonchev–Trinajstić information content (AvgIpc) is 2.31. The Balaban J connectivity index is 2.07. The van der Waals surface area contributed by atoms with E-state index in [0.717, 1.165) is 18.5 Å². The Labute approximate surface area is 120 Å². The van der Waals surface area contributed by atoms with E-state index in [0.29, 0.717) is 17.9 Å². The van der Waals surface area contributed by atoms with Crippen molar-refractivity contribution in [3.05, 3.63) is 24.0 Å². The molecule has 1 aromatic carbocycles. The second-order valence-corrected chi connectivity index (χ2v) is 6.13. The van der Waals surface area contributed by atoms with E-state index in [1.165, 1.54) is 19.4 Å². The van der Waals surface area contributed by atoms with Gasteiger partial charge >= 0.3 is 0 Å². The Morgan fingerprint density at radius 1 is 1.20 bits per heavy atom. The third-order valence-corrected chi connectivity index (χ3v) is 3.83. The maximum atomic E-state index is 13.6. The molecule has 2 N–H and O–H groups in total. The number of carbonyl (C=O) groups is 1. The first-order chi connectivity index (χ1) is 9.44. The number of nitrogens with one attached hydrogen (secondary N) is 2. The van der Waals surface area contributed by atoms with E-state index >= 15 is 0 Å². The summed E-state index contributed by atoms with van der Waals surface area (Å²) in [4.78, 5) is 11.1. The van der Waals surface area contributed by atoms with E-state index in [1.54, 1.807) is 12.1 Å². The molecule has 0 aromatic heterocycles. The fraction of sp³-hybridized carbons (Fsp3) is 0.562. The first kappa shape index (κ1) is 14.8. The first-order valence-electron chi connectivity index (χ1n) is 7.27. The Morgan fingerprint density at radius 2 is 1.85 bits per heavy atom. The molecule has 0 spiro atoms. The van der Waals surface area contributed by atoms with Crippen LogP contribution in [0.15, 0.2) is 18.2 Å². The highest BCUT2D eigenvalue weighted by Crippen LogP contribution is 2.31. The molecule has 20 heavy (non-hydrogen) atoms. The van der Waals surface area contributed by atoms with E-state index < -0.39 is 5.82 Å². The maximum Gasteiger partial charge on any atom is 0.221 e. The van der Waals surface area contributed by atoms with Crippen LogP contribution in [0, 0.1) is 17.7 Å². The number of halogens is 1. The highest BCUT2D eigenvalue weighted by atomic mass is 19.1. The highest BCUT2D eigenvalue weighted by Gasteiger charge is 2.23. The molecular weight excluding hydrogens is 255 g/mol. The lowest BCUT2D eigenvalue weighted by molar-refractivity contribution is -0.114. The molecule has 1 fully saturated rings. The summed E-state index contributed by atoms with van der Waals surface area (Å²) in [7, 11) is 0. The van der Waals surface area contributed by atoms with Gasteiger partial charge in [0.1, 0.15) is 5.82 Å². The monoisotopic (exact) mass is 278 g/mol. The minimum atomic E-state index is -0.406. The van der Waals surface area contributed by atoms with E-state index in [4.69, 9.17) is 0 Å². The summed E-state index contributed by atoms with van der Waals surface area (Å²) in [5.41, 5.74) is 1.10. The summed E-state index contributed by atoms with van der Waals surface area (Å²) in [6, 6.07) is 5.21. The third kappa shape index (κ3) is 3.95. The molecule has 3 nitrogen and oxygen atoms in total. The van der Waals surface area contributed by atoms with Gasteiger partial charge in [0.25, 0.3) is 0 Å². The molecule has 0 aliphatic heterocycles. The third-order valence-electron chi connectivity index (χ3n) is 3.83. The fourth-order valence-corrected chi connectivity index (χ4v) is 3.20. The van der Waals surface area contributed by atoms with Crippen LogP contribution in [0.4, 0.5) is 15.8 Å². The van der Waals surface area contributed by atoms with Crippen LogP contribution in [0.2, 0.25) is 0 Å². The molecule has 110 valence electrons. The largest absolute Gasteiger partial charge is 0.382 e. The molecule has 1 saturated carbocycles. The zero-order valence-corrected chi connectivity index (χ0v) is 12.4. The van der Waals surface area contributed by atoms with Gasteiger partial charge in [-0.1, -0.05) is 13.8 Å². The summed E-state index contributed by atoms with van der Waals surface area (Å²) >= 11 is 0. The highest BCUT2D eigenvalue weighted by molar-refractivity contribution is 5.89. The maximum absolute atomic E-state index is 13.6. The number of carbonyl (C=O) groups excluding carboxylic acids is 1. The molecule has 0 saturated heterocycles. The van der Waals surface area contributed by atoms with Crippen LogP contribution < -0.4 is 10.6 Å². The minimum Gasteiger partial charge on any atom is -0.382 e. The van der Waals surface area contributed by atoms with Crippen LogP contribution in [-0.4, -0.2) is 11.9 Å². The number of benzene rings is 1. The molecule has 0 bridgehead atoms. The van der Waals surface area contributed by atoms with Crippen molar-refractivity contribution in [2.24, 2.45) is 11.8 Å². The van der Waals surface area contributed by atoms with Gasteiger partial charge in [-0.2, -0.15) is 0 Å². The predicted octanol–water partition coefficient (Wildman–Crippen LogP) is 4.02. The van der Waals surface area contributed by atoms with Crippen molar-refractivity contribution in [1.82, 2.24) is 0 Å². The number of anilines is 2. The van der Waals surface area contributed by atoms with Crippen molar-refractivity contribution in [3.8, 4) is 0 Å². The first-order valence-corrected chi connectivity index (χ1v) is 7.27. The molecule has 1 aliphatic carbocycles. The minimum absolute atomic E-state index is 0.236. The van der Waals surface area contributed by atoms with Crippen LogP contribution in [0.3, 0.4) is 0 Å². The van der Waals surface area contributed by atoms with E-state index in [1.807, 2.05) is 0 Å². The second kappa shape index (κ2) is 6.25. The van der Waals surface area contributed by atoms with Crippen LogP contribution in [0.5, 0.6) is 0 Å². The van der Waals surface area contributed by atoms with Gasteiger partial charge in [0.05, 0.1) is 5.69 Å². The second-order valence-electron chi connectivity index (χ2n) is 6.13. The number of amides is 1. The quantitative estimate of drug-likeness (QED) is 0.876. The van der Waals surface area contributed by atoms with Gasteiger partial charge in [-0.3, -0.25) is 4.79 Å². The summed E-state index contributed by atoms with van der Waals surface area (Å²) in [5.74, 6) is 0.759. The van der Waals surface area contributed by atoms with Gasteiger partial charge in [0.2, 0.25) is 5.91 Å². The molecule has 0 radical (unpaired) electrons. The van der Waals surface area contributed by atoms with E-state index in [-0.39, 0.29) is 11.6 Å². The van der Waals surface area contributed by atoms with E-state index in [9.17, 15) is 9.18 Å². The van der Waals surface area contributed by atoms with Gasteiger partial charge in [-0.15, -0.1) is 0 Å². The predicted molar refractivity (Wildman–Crippen MR) is 80.3 cm³/mol. The standard InChI is InChI=1S/C16H23FN2O/c1-10-6-11(2)8-14(7-10)19-13-4-5-15(17)16(9-13)18-12(3)20/h4-5,9-11,14,19H,6-8H2,1-3H3,(H,18,20). The Morgan fingerprint density at radius 3 is 2.45 bits per heavy atom. The molecule has 2 unspecified atom stereocenters. The van der Waals surface area contributed by atoms with Crippen molar-refractivity contribution in [2.75, 3.05) is 10.6 Å². The smallest absolute Gasteiger partial charge is 0.221 e. The van der Waals surface area contributed by atoms with Gasteiger partial charge in [0, 0.05) is 18.7 Å². The molecule has 1 amide bonds. The molecule has 4 heteroatoms. The van der Waals surface area contributed by atoms with Crippen LogP contribution in [0.25, 0.3) is 0 Å². The Hall–Kier alpha value is -1.58. The summed E-state index contributed by atoms with van der Waals surface area (Å²) in [6.45, 7) is 5.93. The van der Waals surface area contributed by atoms with Crippen molar-refractivity contribution >= 4 is 17.3 Å². The zero-order valence-electron chi connectivity index (χ0n) is 12.4. The van der Waals surface area contributed by atoms with E-state index in [2.05, 4.69) is 24.5 Å². The van der Waals surface area contributed by atoms with Gasteiger partial charge in [-0.25, -0.2) is 4.39 Å².